The number of rotatable bonds is 6. The summed E-state index contributed by atoms with van der Waals surface area (Å²) in [4.78, 5) is 12.2. The predicted octanol–water partition coefficient (Wildman–Crippen LogP) is 1.51. The average molecular weight is 276 g/mol. The Morgan fingerprint density at radius 3 is 2.76 bits per heavy atom. The number of methoxy groups -OCH3 is 1. The molecule has 0 N–H and O–H groups in total. The van der Waals surface area contributed by atoms with Crippen LogP contribution in [-0.4, -0.2) is 33.0 Å². The maximum atomic E-state index is 11.8. The number of ether oxygens (including phenoxy) is 1. The Balaban J connectivity index is 2.49. The number of carbonyl (C=O) groups is 1. The number of carbonyl (C=O) groups excluding carboxylic acids is 1. The highest BCUT2D eigenvalue weighted by atomic mass is 32.2. The second-order valence-corrected chi connectivity index (χ2v) is 7.13. The summed E-state index contributed by atoms with van der Waals surface area (Å²) in [5, 5.41) is 1.92. The Bertz CT molecular complexity index is 448. The van der Waals surface area contributed by atoms with E-state index in [-0.39, 0.29) is 11.5 Å². The maximum absolute atomic E-state index is 11.8. The summed E-state index contributed by atoms with van der Waals surface area (Å²) in [6, 6.07) is 3.80. The summed E-state index contributed by atoms with van der Waals surface area (Å²) in [5.74, 6) is -1.15. The van der Waals surface area contributed by atoms with Gasteiger partial charge in [-0.05, 0) is 17.9 Å². The molecule has 0 aliphatic rings. The van der Waals surface area contributed by atoms with E-state index in [9.17, 15) is 13.2 Å². The lowest BCUT2D eigenvalue weighted by atomic mass is 10.2. The molecular formula is C11H16O4S2. The van der Waals surface area contributed by atoms with Gasteiger partial charge in [-0.2, -0.15) is 0 Å². The molecule has 0 saturated heterocycles. The fraction of sp³-hybridized carbons (Fsp3) is 0.545. The summed E-state index contributed by atoms with van der Waals surface area (Å²) >= 11 is 1.54. The summed E-state index contributed by atoms with van der Waals surface area (Å²) in [5.41, 5.74) is 0. The van der Waals surface area contributed by atoms with E-state index in [1.807, 2.05) is 17.5 Å². The first-order chi connectivity index (χ1) is 7.94. The second kappa shape index (κ2) is 6.16. The molecule has 0 aliphatic carbocycles. The van der Waals surface area contributed by atoms with Crippen LogP contribution in [-0.2, 0) is 25.8 Å². The van der Waals surface area contributed by atoms with Crippen LogP contribution < -0.4 is 0 Å². The van der Waals surface area contributed by atoms with Gasteiger partial charge >= 0.3 is 5.97 Å². The summed E-state index contributed by atoms with van der Waals surface area (Å²) in [7, 11) is -1.95. The molecule has 1 aromatic heterocycles. The van der Waals surface area contributed by atoms with Gasteiger partial charge in [0.2, 0.25) is 0 Å². The molecule has 96 valence electrons. The van der Waals surface area contributed by atoms with Crippen molar-refractivity contribution in [2.45, 2.75) is 13.3 Å². The number of hydrogen-bond donors (Lipinski definition) is 0. The number of aryl methyl sites for hydroxylation is 1. The van der Waals surface area contributed by atoms with Gasteiger partial charge in [-0.3, -0.25) is 4.79 Å². The van der Waals surface area contributed by atoms with Crippen LogP contribution in [0.15, 0.2) is 17.5 Å². The molecule has 4 nitrogen and oxygen atoms in total. The Morgan fingerprint density at radius 2 is 2.24 bits per heavy atom. The topological polar surface area (TPSA) is 60.4 Å². The highest BCUT2D eigenvalue weighted by molar-refractivity contribution is 7.91. The molecule has 1 rings (SSSR count). The van der Waals surface area contributed by atoms with Crippen LogP contribution in [0.3, 0.4) is 0 Å². The standard InChI is InChI=1S/C11H16O4S2/c1-9(11(12)15-2)8-17(13,14)7-5-10-4-3-6-16-10/h3-4,6,9H,5,7-8H2,1-2H3. The largest absolute Gasteiger partial charge is 0.469 e. The van der Waals surface area contributed by atoms with Gasteiger partial charge in [-0.15, -0.1) is 11.3 Å². The lowest BCUT2D eigenvalue weighted by Gasteiger charge is -2.09. The lowest BCUT2D eigenvalue weighted by Crippen LogP contribution is -2.24. The van der Waals surface area contributed by atoms with E-state index in [4.69, 9.17) is 0 Å². The molecule has 1 atom stereocenters. The zero-order valence-electron chi connectivity index (χ0n) is 9.88. The lowest BCUT2D eigenvalue weighted by molar-refractivity contribution is -0.144. The molecule has 0 fully saturated rings. The Hall–Kier alpha value is -0.880. The number of esters is 1. The molecule has 0 bridgehead atoms. The average Bonchev–Trinajstić information content (AvgIpc) is 2.77. The highest BCUT2D eigenvalue weighted by Crippen LogP contribution is 2.12. The van der Waals surface area contributed by atoms with Crippen molar-refractivity contribution in [2.75, 3.05) is 18.6 Å². The van der Waals surface area contributed by atoms with Gasteiger partial charge in [0.1, 0.15) is 0 Å². The van der Waals surface area contributed by atoms with Crippen molar-refractivity contribution in [3.8, 4) is 0 Å². The third kappa shape index (κ3) is 4.87. The van der Waals surface area contributed by atoms with Crippen molar-refractivity contribution in [3.63, 3.8) is 0 Å². The quantitative estimate of drug-likeness (QED) is 0.739. The molecule has 1 aromatic rings. The molecule has 0 aromatic carbocycles. The first-order valence-electron chi connectivity index (χ1n) is 5.25. The van der Waals surface area contributed by atoms with E-state index in [1.165, 1.54) is 18.4 Å². The summed E-state index contributed by atoms with van der Waals surface area (Å²) in [6.45, 7) is 1.56. The SMILES string of the molecule is COC(=O)C(C)CS(=O)(=O)CCc1cccs1. The van der Waals surface area contributed by atoms with Gasteiger partial charge in [0.15, 0.2) is 9.84 Å². The van der Waals surface area contributed by atoms with Crippen molar-refractivity contribution in [1.82, 2.24) is 0 Å². The monoisotopic (exact) mass is 276 g/mol. The summed E-state index contributed by atoms with van der Waals surface area (Å²) in [6.07, 6.45) is 0.508. The van der Waals surface area contributed by atoms with E-state index in [2.05, 4.69) is 4.74 Å². The third-order valence-electron chi connectivity index (χ3n) is 2.35. The fourth-order valence-corrected chi connectivity index (χ4v) is 3.88. The molecule has 1 unspecified atom stereocenters. The van der Waals surface area contributed by atoms with Crippen LogP contribution in [0.5, 0.6) is 0 Å². The molecule has 0 amide bonds. The smallest absolute Gasteiger partial charge is 0.309 e. The third-order valence-corrected chi connectivity index (χ3v) is 5.12. The Morgan fingerprint density at radius 1 is 1.53 bits per heavy atom. The van der Waals surface area contributed by atoms with Crippen LogP contribution in [0.4, 0.5) is 0 Å². The Labute approximate surface area is 106 Å². The van der Waals surface area contributed by atoms with E-state index >= 15 is 0 Å². The maximum Gasteiger partial charge on any atom is 0.309 e. The van der Waals surface area contributed by atoms with Crippen LogP contribution >= 0.6 is 11.3 Å². The van der Waals surface area contributed by atoms with Crippen LogP contribution in [0.1, 0.15) is 11.8 Å². The second-order valence-electron chi connectivity index (χ2n) is 3.87. The van der Waals surface area contributed by atoms with E-state index in [1.54, 1.807) is 6.92 Å². The minimum absolute atomic E-state index is 0.0782. The fourth-order valence-electron chi connectivity index (χ4n) is 1.44. The normalized spacial score (nSPS) is 13.3. The molecule has 0 spiro atoms. The number of thiophene rings is 1. The van der Waals surface area contributed by atoms with Crippen LogP contribution in [0.2, 0.25) is 0 Å². The van der Waals surface area contributed by atoms with Gasteiger partial charge in [0, 0.05) is 4.88 Å². The molecule has 1 heterocycles. The molecule has 6 heteroatoms. The Kier molecular flexibility index (Phi) is 5.14. The number of sulfone groups is 1. The van der Waals surface area contributed by atoms with Gasteiger partial charge in [-0.1, -0.05) is 13.0 Å². The highest BCUT2D eigenvalue weighted by Gasteiger charge is 2.21. The first-order valence-corrected chi connectivity index (χ1v) is 7.95. The zero-order valence-corrected chi connectivity index (χ0v) is 11.5. The number of hydrogen-bond acceptors (Lipinski definition) is 5. The van der Waals surface area contributed by atoms with Gasteiger partial charge in [0.25, 0.3) is 0 Å². The predicted molar refractivity (Wildman–Crippen MR) is 67.9 cm³/mol. The van der Waals surface area contributed by atoms with Crippen molar-refractivity contribution in [1.29, 1.82) is 0 Å². The first kappa shape index (κ1) is 14.2. The van der Waals surface area contributed by atoms with Gasteiger partial charge < -0.3 is 4.74 Å². The molecule has 17 heavy (non-hydrogen) atoms. The molecule has 0 radical (unpaired) electrons. The van der Waals surface area contributed by atoms with E-state index in [0.29, 0.717) is 6.42 Å². The van der Waals surface area contributed by atoms with Crippen molar-refractivity contribution in [3.05, 3.63) is 22.4 Å². The molecular weight excluding hydrogens is 260 g/mol. The van der Waals surface area contributed by atoms with Crippen molar-refractivity contribution < 1.29 is 17.9 Å². The molecule has 0 saturated carbocycles. The van der Waals surface area contributed by atoms with Gasteiger partial charge in [-0.25, -0.2) is 8.42 Å². The minimum Gasteiger partial charge on any atom is -0.469 e. The zero-order chi connectivity index (χ0) is 12.9. The van der Waals surface area contributed by atoms with Crippen LogP contribution in [0.25, 0.3) is 0 Å². The van der Waals surface area contributed by atoms with E-state index in [0.717, 1.165) is 4.88 Å². The van der Waals surface area contributed by atoms with Crippen LogP contribution in [0, 0.1) is 5.92 Å². The van der Waals surface area contributed by atoms with E-state index < -0.39 is 21.7 Å². The van der Waals surface area contributed by atoms with Crippen molar-refractivity contribution in [2.24, 2.45) is 5.92 Å². The summed E-state index contributed by atoms with van der Waals surface area (Å²) < 4.78 is 28.0. The van der Waals surface area contributed by atoms with Gasteiger partial charge in [0.05, 0.1) is 24.5 Å². The minimum atomic E-state index is -3.21. The van der Waals surface area contributed by atoms with Crippen molar-refractivity contribution >= 4 is 27.1 Å². The molecule has 0 aliphatic heterocycles.